The fourth-order valence-corrected chi connectivity index (χ4v) is 13.3. The predicted octanol–water partition coefficient (Wildman–Crippen LogP) is 22.6. The van der Waals surface area contributed by atoms with Crippen molar-refractivity contribution in [2.45, 2.75) is 414 Å². The lowest BCUT2D eigenvalue weighted by Crippen LogP contribution is -2.30. The first kappa shape index (κ1) is 94.1. The van der Waals surface area contributed by atoms with Crippen LogP contribution in [0.5, 0.6) is 0 Å². The van der Waals surface area contributed by atoms with Crippen molar-refractivity contribution in [2.24, 2.45) is 17.8 Å². The highest BCUT2D eigenvalue weighted by molar-refractivity contribution is 7.47. The lowest BCUT2D eigenvalue weighted by atomic mass is 9.99. The Hall–Kier alpha value is -1.94. The Morgan fingerprint density at radius 1 is 0.302 bits per heavy atom. The minimum Gasteiger partial charge on any atom is -0.462 e. The van der Waals surface area contributed by atoms with Crippen LogP contribution in [0, 0.1) is 17.8 Å². The molecule has 0 aromatic heterocycles. The molecule has 19 heteroatoms. The van der Waals surface area contributed by atoms with E-state index in [0.29, 0.717) is 25.7 Å². The molecule has 3 N–H and O–H groups in total. The number of hydrogen-bond donors (Lipinski definition) is 3. The second-order valence-corrected chi connectivity index (χ2v) is 31.8. The minimum absolute atomic E-state index is 0.104. The van der Waals surface area contributed by atoms with Crippen molar-refractivity contribution in [1.29, 1.82) is 0 Å². The van der Waals surface area contributed by atoms with Crippen LogP contribution >= 0.6 is 15.6 Å². The van der Waals surface area contributed by atoms with Gasteiger partial charge in [-0.05, 0) is 43.4 Å². The third-order valence-electron chi connectivity index (χ3n) is 18.2. The smallest absolute Gasteiger partial charge is 0.462 e. The SMILES string of the molecule is CCCCCCCCCCCCCCCCCCCCC(=O)O[C@H](COC(=O)CCCCCCCCCCCCCCC(C)C)COP(=O)(O)OC[C@@H](O)COP(=O)(O)OC[C@@H](COC(=O)CCCCCCCCCCC(C)C)OC(=O)CCCCCCCCCCC(C)CC. The highest BCUT2D eigenvalue weighted by atomic mass is 31.2. The molecule has 0 heterocycles. The van der Waals surface area contributed by atoms with E-state index in [4.69, 9.17) is 37.0 Å². The molecule has 0 aliphatic heterocycles. The molecular formula is C77H150O17P2. The maximum atomic E-state index is 13.1. The lowest BCUT2D eigenvalue weighted by Gasteiger charge is -2.21. The van der Waals surface area contributed by atoms with Crippen LogP contribution in [0.15, 0.2) is 0 Å². The second kappa shape index (κ2) is 67.5. The molecule has 0 aliphatic carbocycles. The molecule has 96 heavy (non-hydrogen) atoms. The fourth-order valence-electron chi connectivity index (χ4n) is 11.7. The molecule has 6 atom stereocenters. The van der Waals surface area contributed by atoms with Gasteiger partial charge in [-0.15, -0.1) is 0 Å². The van der Waals surface area contributed by atoms with E-state index in [2.05, 4.69) is 48.5 Å². The average Bonchev–Trinajstić information content (AvgIpc) is 1.36. The summed E-state index contributed by atoms with van der Waals surface area (Å²) >= 11 is 0. The Bertz CT molecular complexity index is 1870. The van der Waals surface area contributed by atoms with Crippen molar-refractivity contribution in [1.82, 2.24) is 0 Å². The van der Waals surface area contributed by atoms with E-state index in [-0.39, 0.29) is 25.7 Å². The number of aliphatic hydroxyl groups is 1. The summed E-state index contributed by atoms with van der Waals surface area (Å²) in [5.74, 6) is 0.160. The van der Waals surface area contributed by atoms with Crippen LogP contribution in [0.1, 0.15) is 395 Å². The zero-order chi connectivity index (χ0) is 70.9. The molecule has 17 nitrogen and oxygen atoms in total. The number of phosphoric acid groups is 2. The topological polar surface area (TPSA) is 237 Å². The molecule has 0 bridgehead atoms. The molecule has 0 fully saturated rings. The van der Waals surface area contributed by atoms with Gasteiger partial charge in [-0.25, -0.2) is 9.13 Å². The summed E-state index contributed by atoms with van der Waals surface area (Å²) in [5.41, 5.74) is 0. The van der Waals surface area contributed by atoms with Crippen molar-refractivity contribution in [2.75, 3.05) is 39.6 Å². The Kier molecular flexibility index (Phi) is 66.2. The van der Waals surface area contributed by atoms with Crippen molar-refractivity contribution >= 4 is 39.5 Å². The molecular weight excluding hydrogens is 1260 g/mol. The Morgan fingerprint density at radius 3 is 0.792 bits per heavy atom. The number of phosphoric ester groups is 2. The number of ether oxygens (including phenoxy) is 4. The monoisotopic (exact) mass is 1410 g/mol. The van der Waals surface area contributed by atoms with E-state index in [1.54, 1.807) is 0 Å². The first-order chi connectivity index (χ1) is 46.3. The molecule has 0 aromatic rings. The third kappa shape index (κ3) is 69.2. The van der Waals surface area contributed by atoms with Crippen molar-refractivity contribution in [3.05, 3.63) is 0 Å². The Balaban J connectivity index is 5.25. The van der Waals surface area contributed by atoms with Gasteiger partial charge in [0.05, 0.1) is 26.4 Å². The van der Waals surface area contributed by atoms with E-state index in [1.165, 1.54) is 205 Å². The fraction of sp³-hybridized carbons (Fsp3) is 0.948. The Labute approximate surface area is 588 Å². The zero-order valence-electron chi connectivity index (χ0n) is 62.8. The van der Waals surface area contributed by atoms with E-state index < -0.39 is 97.5 Å². The van der Waals surface area contributed by atoms with Gasteiger partial charge >= 0.3 is 39.5 Å². The number of esters is 4. The third-order valence-corrected chi connectivity index (χ3v) is 20.1. The van der Waals surface area contributed by atoms with Gasteiger partial charge in [-0.3, -0.25) is 37.3 Å². The number of hydrogen-bond acceptors (Lipinski definition) is 15. The maximum Gasteiger partial charge on any atom is 0.472 e. The van der Waals surface area contributed by atoms with Crippen LogP contribution in [0.2, 0.25) is 0 Å². The van der Waals surface area contributed by atoms with Gasteiger partial charge < -0.3 is 33.8 Å². The van der Waals surface area contributed by atoms with Gasteiger partial charge in [0, 0.05) is 25.7 Å². The molecule has 0 spiro atoms. The molecule has 0 aliphatic rings. The van der Waals surface area contributed by atoms with E-state index >= 15 is 0 Å². The van der Waals surface area contributed by atoms with Crippen LogP contribution < -0.4 is 0 Å². The van der Waals surface area contributed by atoms with Gasteiger partial charge in [0.25, 0.3) is 0 Å². The summed E-state index contributed by atoms with van der Waals surface area (Å²) in [7, 11) is -9.91. The Morgan fingerprint density at radius 2 is 0.531 bits per heavy atom. The standard InChI is InChI=1S/C77H150O17P2/c1-8-10-11-12-13-14-15-16-17-18-19-20-21-26-29-39-46-53-60-76(81)93-72(64-87-74(79)58-51-44-37-28-25-23-22-24-27-34-41-48-55-68(3)4)66-91-95(83,84)89-62-71(78)63-90-96(85,86)92-67-73(65-88-75(80)59-52-45-38-32-30-35-42-49-56-69(5)6)94-77(82)61-54-47-40-33-31-36-43-50-57-70(7)9-2/h68-73,78H,8-67H2,1-7H3,(H,83,84)(H,85,86)/t70?,71-,72-,73-/m1/s1. The summed E-state index contributed by atoms with van der Waals surface area (Å²) in [6.07, 6.45) is 54.1. The van der Waals surface area contributed by atoms with Gasteiger partial charge in [-0.1, -0.05) is 344 Å². The van der Waals surface area contributed by atoms with Crippen molar-refractivity contribution < 1.29 is 80.2 Å². The molecule has 0 radical (unpaired) electrons. The first-order valence-electron chi connectivity index (χ1n) is 39.9. The lowest BCUT2D eigenvalue weighted by molar-refractivity contribution is -0.161. The summed E-state index contributed by atoms with van der Waals surface area (Å²) in [6, 6.07) is 0. The molecule has 3 unspecified atom stereocenters. The highest BCUT2D eigenvalue weighted by Crippen LogP contribution is 2.45. The number of carbonyl (C=O) groups excluding carboxylic acids is 4. The van der Waals surface area contributed by atoms with E-state index in [0.717, 1.165) is 108 Å². The number of aliphatic hydroxyl groups excluding tert-OH is 1. The highest BCUT2D eigenvalue weighted by Gasteiger charge is 2.30. The number of rotatable bonds is 75. The van der Waals surface area contributed by atoms with Crippen LogP contribution in [0.3, 0.4) is 0 Å². The average molecular weight is 1410 g/mol. The largest absolute Gasteiger partial charge is 0.472 e. The zero-order valence-corrected chi connectivity index (χ0v) is 64.6. The van der Waals surface area contributed by atoms with Crippen molar-refractivity contribution in [3.8, 4) is 0 Å². The molecule has 0 aromatic carbocycles. The van der Waals surface area contributed by atoms with Crippen molar-refractivity contribution in [3.63, 3.8) is 0 Å². The number of unbranched alkanes of at least 4 members (excludes halogenated alkanes) is 42. The van der Waals surface area contributed by atoms with Crippen LogP contribution in [0.4, 0.5) is 0 Å². The predicted molar refractivity (Wildman–Crippen MR) is 391 cm³/mol. The molecule has 0 saturated heterocycles. The van der Waals surface area contributed by atoms with E-state index in [9.17, 15) is 43.2 Å². The van der Waals surface area contributed by atoms with Crippen LogP contribution in [0.25, 0.3) is 0 Å². The summed E-state index contributed by atoms with van der Waals surface area (Å²) in [4.78, 5) is 72.9. The van der Waals surface area contributed by atoms with Gasteiger partial charge in [-0.2, -0.15) is 0 Å². The second-order valence-electron chi connectivity index (χ2n) is 28.9. The van der Waals surface area contributed by atoms with Crippen LogP contribution in [-0.4, -0.2) is 96.7 Å². The van der Waals surface area contributed by atoms with Crippen LogP contribution in [-0.2, 0) is 65.4 Å². The van der Waals surface area contributed by atoms with Gasteiger partial charge in [0.15, 0.2) is 12.2 Å². The molecule has 570 valence electrons. The minimum atomic E-state index is -4.96. The van der Waals surface area contributed by atoms with Gasteiger partial charge in [0.2, 0.25) is 0 Å². The normalized spacial score (nSPS) is 14.3. The van der Waals surface area contributed by atoms with Gasteiger partial charge in [0.1, 0.15) is 19.3 Å². The quantitative estimate of drug-likeness (QED) is 0.0222. The first-order valence-corrected chi connectivity index (χ1v) is 42.9. The summed E-state index contributed by atoms with van der Waals surface area (Å²) in [6.45, 7) is 11.9. The summed E-state index contributed by atoms with van der Waals surface area (Å²) in [5, 5.41) is 10.6. The molecule has 0 rings (SSSR count). The maximum absolute atomic E-state index is 13.1. The molecule has 0 saturated carbocycles. The molecule has 0 amide bonds. The van der Waals surface area contributed by atoms with E-state index in [1.807, 2.05) is 0 Å². The summed E-state index contributed by atoms with van der Waals surface area (Å²) < 4.78 is 68.6. The number of carbonyl (C=O) groups is 4.